The summed E-state index contributed by atoms with van der Waals surface area (Å²) in [6.07, 6.45) is 1.68. The molecule has 0 unspecified atom stereocenters. The summed E-state index contributed by atoms with van der Waals surface area (Å²) < 4.78 is 26.7. The molecule has 0 aromatic heterocycles. The highest BCUT2D eigenvalue weighted by molar-refractivity contribution is 7.89. The van der Waals surface area contributed by atoms with Crippen LogP contribution in [-0.4, -0.2) is 27.4 Å². The van der Waals surface area contributed by atoms with Crippen molar-refractivity contribution in [2.75, 3.05) is 7.05 Å². The lowest BCUT2D eigenvalue weighted by atomic mass is 10.0. The van der Waals surface area contributed by atoms with Gasteiger partial charge in [-0.05, 0) is 69.5 Å². The van der Waals surface area contributed by atoms with Crippen molar-refractivity contribution in [1.29, 1.82) is 0 Å². The number of nitrogens with one attached hydrogen (secondary N) is 2. The second-order valence-electron chi connectivity index (χ2n) is 6.52. The van der Waals surface area contributed by atoms with Gasteiger partial charge in [0, 0.05) is 11.6 Å². The minimum atomic E-state index is -3.61. The first-order chi connectivity index (χ1) is 12.2. The number of hydrogen-bond acceptors (Lipinski definition) is 3. The summed E-state index contributed by atoms with van der Waals surface area (Å²) in [5.74, 6) is -0.263. The van der Waals surface area contributed by atoms with E-state index in [-0.39, 0.29) is 16.8 Å². The SMILES string of the molecule is CNS(=O)(=O)c1cc(C(=O)N[C@@H](C)CCc2ccccc2)cc(C)c1C. The van der Waals surface area contributed by atoms with Crippen LogP contribution in [0, 0.1) is 13.8 Å². The topological polar surface area (TPSA) is 75.3 Å². The Balaban J connectivity index is 2.11. The molecule has 6 heteroatoms. The Hall–Kier alpha value is -2.18. The van der Waals surface area contributed by atoms with E-state index in [9.17, 15) is 13.2 Å². The largest absolute Gasteiger partial charge is 0.350 e. The number of carbonyl (C=O) groups is 1. The molecule has 0 radical (unpaired) electrons. The van der Waals surface area contributed by atoms with Crippen LogP contribution in [-0.2, 0) is 16.4 Å². The van der Waals surface area contributed by atoms with Gasteiger partial charge in [-0.15, -0.1) is 0 Å². The quantitative estimate of drug-likeness (QED) is 0.782. The first-order valence-electron chi connectivity index (χ1n) is 8.64. The Morgan fingerprint density at radius 3 is 2.38 bits per heavy atom. The highest BCUT2D eigenvalue weighted by Gasteiger charge is 2.20. The smallest absolute Gasteiger partial charge is 0.251 e. The highest BCUT2D eigenvalue weighted by atomic mass is 32.2. The zero-order chi connectivity index (χ0) is 19.3. The van der Waals surface area contributed by atoms with Crippen LogP contribution < -0.4 is 10.0 Å². The molecule has 26 heavy (non-hydrogen) atoms. The van der Waals surface area contributed by atoms with Gasteiger partial charge in [0.1, 0.15) is 0 Å². The first-order valence-corrected chi connectivity index (χ1v) is 10.1. The van der Waals surface area contributed by atoms with Crippen LogP contribution in [0.15, 0.2) is 47.4 Å². The molecule has 0 aliphatic carbocycles. The molecule has 1 atom stereocenters. The predicted molar refractivity (Wildman–Crippen MR) is 104 cm³/mol. The van der Waals surface area contributed by atoms with Crippen LogP contribution in [0.25, 0.3) is 0 Å². The molecule has 2 N–H and O–H groups in total. The van der Waals surface area contributed by atoms with Crippen molar-refractivity contribution < 1.29 is 13.2 Å². The lowest BCUT2D eigenvalue weighted by molar-refractivity contribution is 0.0938. The van der Waals surface area contributed by atoms with E-state index in [2.05, 4.69) is 22.2 Å². The molecular formula is C20H26N2O3S. The van der Waals surface area contributed by atoms with E-state index in [1.54, 1.807) is 19.9 Å². The van der Waals surface area contributed by atoms with E-state index in [4.69, 9.17) is 0 Å². The second-order valence-corrected chi connectivity index (χ2v) is 8.38. The Labute approximate surface area is 155 Å². The fourth-order valence-electron chi connectivity index (χ4n) is 2.75. The molecule has 0 bridgehead atoms. The number of hydrogen-bond donors (Lipinski definition) is 2. The van der Waals surface area contributed by atoms with Crippen molar-refractivity contribution in [2.24, 2.45) is 0 Å². The molecule has 0 aliphatic rings. The third-order valence-corrected chi connectivity index (χ3v) is 6.07. The van der Waals surface area contributed by atoms with Gasteiger partial charge in [0.05, 0.1) is 4.90 Å². The van der Waals surface area contributed by atoms with Crippen LogP contribution >= 0.6 is 0 Å². The molecule has 5 nitrogen and oxygen atoms in total. The number of sulfonamides is 1. The summed E-state index contributed by atoms with van der Waals surface area (Å²) in [5, 5.41) is 2.96. The number of aryl methyl sites for hydroxylation is 2. The summed E-state index contributed by atoms with van der Waals surface area (Å²) in [6, 6.07) is 13.2. The minimum Gasteiger partial charge on any atom is -0.350 e. The molecule has 0 aliphatic heterocycles. The third-order valence-electron chi connectivity index (χ3n) is 4.53. The van der Waals surface area contributed by atoms with Crippen molar-refractivity contribution >= 4 is 15.9 Å². The molecule has 0 saturated heterocycles. The van der Waals surface area contributed by atoms with E-state index in [0.717, 1.165) is 18.4 Å². The summed E-state index contributed by atoms with van der Waals surface area (Å²) in [5.41, 5.74) is 2.99. The van der Waals surface area contributed by atoms with Crippen molar-refractivity contribution in [3.8, 4) is 0 Å². The molecule has 0 heterocycles. The number of amides is 1. The maximum absolute atomic E-state index is 12.6. The lowest BCUT2D eigenvalue weighted by Crippen LogP contribution is -2.33. The second kappa shape index (κ2) is 8.47. The van der Waals surface area contributed by atoms with Crippen LogP contribution in [0.3, 0.4) is 0 Å². The Morgan fingerprint density at radius 2 is 1.77 bits per heavy atom. The fourth-order valence-corrected chi connectivity index (χ4v) is 3.82. The van der Waals surface area contributed by atoms with E-state index >= 15 is 0 Å². The fraction of sp³-hybridized carbons (Fsp3) is 0.350. The molecule has 2 aromatic rings. The van der Waals surface area contributed by atoms with Gasteiger partial charge in [0.2, 0.25) is 10.0 Å². The van der Waals surface area contributed by atoms with Crippen LogP contribution in [0.1, 0.15) is 40.4 Å². The van der Waals surface area contributed by atoms with Crippen LogP contribution in [0.5, 0.6) is 0 Å². The molecule has 0 saturated carbocycles. The monoisotopic (exact) mass is 374 g/mol. The van der Waals surface area contributed by atoms with Gasteiger partial charge in [-0.25, -0.2) is 13.1 Å². The summed E-state index contributed by atoms with van der Waals surface area (Å²) in [4.78, 5) is 12.7. The Bertz CT molecular complexity index is 877. The van der Waals surface area contributed by atoms with E-state index in [1.165, 1.54) is 18.7 Å². The summed E-state index contributed by atoms with van der Waals surface area (Å²) in [7, 11) is -2.25. The maximum Gasteiger partial charge on any atom is 0.251 e. The van der Waals surface area contributed by atoms with E-state index in [1.807, 2.05) is 25.1 Å². The van der Waals surface area contributed by atoms with Crippen molar-refractivity contribution in [3.05, 3.63) is 64.7 Å². The molecule has 140 valence electrons. The Morgan fingerprint density at radius 1 is 1.12 bits per heavy atom. The Kier molecular flexibility index (Phi) is 6.56. The average Bonchev–Trinajstić information content (AvgIpc) is 2.62. The van der Waals surface area contributed by atoms with Gasteiger partial charge in [-0.3, -0.25) is 4.79 Å². The van der Waals surface area contributed by atoms with Gasteiger partial charge in [0.15, 0.2) is 0 Å². The molecule has 0 fully saturated rings. The van der Waals surface area contributed by atoms with E-state index in [0.29, 0.717) is 11.1 Å². The minimum absolute atomic E-state index is 0.0197. The molecule has 2 aromatic carbocycles. The summed E-state index contributed by atoms with van der Waals surface area (Å²) in [6.45, 7) is 5.50. The zero-order valence-electron chi connectivity index (χ0n) is 15.7. The molecule has 2 rings (SSSR count). The molecule has 0 spiro atoms. The zero-order valence-corrected chi connectivity index (χ0v) is 16.5. The molecule has 1 amide bonds. The van der Waals surface area contributed by atoms with Gasteiger partial charge in [-0.1, -0.05) is 30.3 Å². The van der Waals surface area contributed by atoms with Crippen molar-refractivity contribution in [3.63, 3.8) is 0 Å². The highest BCUT2D eigenvalue weighted by Crippen LogP contribution is 2.21. The normalized spacial score (nSPS) is 12.6. The van der Waals surface area contributed by atoms with Gasteiger partial charge >= 0.3 is 0 Å². The van der Waals surface area contributed by atoms with Crippen molar-refractivity contribution in [2.45, 2.75) is 44.6 Å². The van der Waals surface area contributed by atoms with Gasteiger partial charge in [0.25, 0.3) is 5.91 Å². The van der Waals surface area contributed by atoms with E-state index < -0.39 is 10.0 Å². The summed E-state index contributed by atoms with van der Waals surface area (Å²) >= 11 is 0. The number of benzene rings is 2. The predicted octanol–water partition coefficient (Wildman–Crippen LogP) is 2.96. The van der Waals surface area contributed by atoms with Gasteiger partial charge in [-0.2, -0.15) is 0 Å². The van der Waals surface area contributed by atoms with Crippen molar-refractivity contribution in [1.82, 2.24) is 10.0 Å². The third kappa shape index (κ3) is 4.93. The number of carbonyl (C=O) groups excluding carboxylic acids is 1. The van der Waals surface area contributed by atoms with Crippen LogP contribution in [0.4, 0.5) is 0 Å². The molecular weight excluding hydrogens is 348 g/mol. The van der Waals surface area contributed by atoms with Gasteiger partial charge < -0.3 is 5.32 Å². The number of rotatable bonds is 7. The lowest BCUT2D eigenvalue weighted by Gasteiger charge is -2.16. The standard InChI is InChI=1S/C20H26N2O3S/c1-14-12-18(13-19(16(14)3)26(24,25)21-4)20(23)22-15(2)10-11-17-8-6-5-7-9-17/h5-9,12-13,15,21H,10-11H2,1-4H3,(H,22,23)/t15-/m0/s1. The average molecular weight is 375 g/mol. The van der Waals surface area contributed by atoms with Crippen LogP contribution in [0.2, 0.25) is 0 Å². The maximum atomic E-state index is 12.6. The first kappa shape index (κ1) is 20.1.